The van der Waals surface area contributed by atoms with Crippen LogP contribution in [-0.2, 0) is 5.75 Å². The Kier molecular flexibility index (Phi) is 7.04. The predicted molar refractivity (Wildman–Crippen MR) is 140 cm³/mol. The fraction of sp³-hybridized carbons (Fsp3) is 0.0870. The summed E-state index contributed by atoms with van der Waals surface area (Å²) < 4.78 is 7.41. The Balaban J connectivity index is 1.38. The number of thioether (sulfide) groups is 1. The number of nitrogens with one attached hydrogen (secondary N) is 1. The Morgan fingerprint density at radius 3 is 2.70 bits per heavy atom. The van der Waals surface area contributed by atoms with E-state index in [1.165, 1.54) is 18.0 Å². The summed E-state index contributed by atoms with van der Waals surface area (Å²) in [6.45, 7) is 1.71. The Morgan fingerprint density at radius 1 is 1.14 bits per heavy atom. The molecule has 2 aromatic carbocycles. The maximum Gasteiger partial charge on any atom is 0.311 e. The number of para-hydroxylation sites is 1. The van der Waals surface area contributed by atoms with Crippen LogP contribution in [0.2, 0.25) is 10.0 Å². The molecule has 14 heteroatoms. The summed E-state index contributed by atoms with van der Waals surface area (Å²) >= 11 is 13.5. The van der Waals surface area contributed by atoms with Crippen LogP contribution in [0.15, 0.2) is 70.6 Å². The van der Waals surface area contributed by atoms with Gasteiger partial charge in [-0.1, -0.05) is 58.4 Å². The first-order valence-corrected chi connectivity index (χ1v) is 12.4. The first-order valence-electron chi connectivity index (χ1n) is 10.7. The molecule has 3 heterocycles. The molecular formula is C23H16Cl2N8O3S. The smallest absolute Gasteiger partial charge is 0.311 e. The van der Waals surface area contributed by atoms with Crippen molar-refractivity contribution in [1.29, 1.82) is 0 Å². The molecule has 0 bridgehead atoms. The van der Waals surface area contributed by atoms with Crippen molar-refractivity contribution >= 4 is 52.0 Å². The molecule has 186 valence electrons. The van der Waals surface area contributed by atoms with Crippen LogP contribution in [-0.4, -0.2) is 35.1 Å². The Labute approximate surface area is 224 Å². The van der Waals surface area contributed by atoms with Gasteiger partial charge in [-0.3, -0.25) is 15.1 Å². The quantitative estimate of drug-likeness (QED) is 0.132. The summed E-state index contributed by atoms with van der Waals surface area (Å²) in [4.78, 5) is 15.4. The van der Waals surface area contributed by atoms with Crippen molar-refractivity contribution in [2.24, 2.45) is 0 Å². The molecule has 0 aliphatic carbocycles. The Morgan fingerprint density at radius 2 is 1.95 bits per heavy atom. The van der Waals surface area contributed by atoms with Gasteiger partial charge in [0, 0.05) is 16.5 Å². The van der Waals surface area contributed by atoms with E-state index in [-0.39, 0.29) is 22.5 Å². The number of anilines is 2. The van der Waals surface area contributed by atoms with Crippen LogP contribution < -0.4 is 5.32 Å². The molecule has 0 fully saturated rings. The molecule has 0 saturated heterocycles. The van der Waals surface area contributed by atoms with Crippen LogP contribution in [0.25, 0.3) is 17.1 Å². The van der Waals surface area contributed by atoms with Gasteiger partial charge in [0.2, 0.25) is 0 Å². The molecule has 0 aliphatic heterocycles. The molecule has 0 saturated carbocycles. The van der Waals surface area contributed by atoms with Crippen molar-refractivity contribution in [2.75, 3.05) is 5.32 Å². The van der Waals surface area contributed by atoms with Gasteiger partial charge in [-0.25, -0.2) is 4.68 Å². The normalized spacial score (nSPS) is 11.0. The number of hydrogen-bond donors (Lipinski definition) is 1. The fourth-order valence-electron chi connectivity index (χ4n) is 3.44. The van der Waals surface area contributed by atoms with Gasteiger partial charge in [0.15, 0.2) is 0 Å². The van der Waals surface area contributed by atoms with E-state index in [9.17, 15) is 10.1 Å². The third kappa shape index (κ3) is 5.40. The van der Waals surface area contributed by atoms with Crippen LogP contribution in [0.1, 0.15) is 11.4 Å². The lowest BCUT2D eigenvalue weighted by molar-refractivity contribution is -0.384. The second-order valence-electron chi connectivity index (χ2n) is 7.64. The number of nitro groups is 1. The van der Waals surface area contributed by atoms with Gasteiger partial charge in [0.1, 0.15) is 11.9 Å². The zero-order valence-corrected chi connectivity index (χ0v) is 21.3. The highest BCUT2D eigenvalue weighted by Crippen LogP contribution is 2.39. The number of rotatable bonds is 8. The molecular weight excluding hydrogens is 539 g/mol. The monoisotopic (exact) mass is 554 g/mol. The van der Waals surface area contributed by atoms with E-state index in [2.05, 4.69) is 30.8 Å². The molecule has 0 spiro atoms. The number of aromatic nitrogens is 6. The third-order valence-corrected chi connectivity index (χ3v) is 6.54. The van der Waals surface area contributed by atoms with Gasteiger partial charge in [0.25, 0.3) is 11.1 Å². The standard InChI is InChI=1S/C23H16Cl2N8O3S/c1-13-20(21(19(10-26-13)33(34)35)27-15-5-3-2-4-6-15)22-29-30-23(36-22)37-12-16-11-32(31-28-16)18-8-7-14(24)9-17(18)25/h2-11H,12H2,1H3,(H,26,27). The molecule has 3 aromatic heterocycles. The minimum atomic E-state index is -0.510. The number of aryl methyl sites for hydroxylation is 1. The molecule has 0 unspecified atom stereocenters. The summed E-state index contributed by atoms with van der Waals surface area (Å²) in [5.74, 6) is 0.486. The first-order chi connectivity index (χ1) is 17.9. The highest BCUT2D eigenvalue weighted by molar-refractivity contribution is 7.98. The van der Waals surface area contributed by atoms with Crippen molar-refractivity contribution in [3.63, 3.8) is 0 Å². The van der Waals surface area contributed by atoms with Crippen molar-refractivity contribution in [3.05, 3.63) is 92.5 Å². The van der Waals surface area contributed by atoms with Gasteiger partial charge in [-0.2, -0.15) is 0 Å². The predicted octanol–water partition coefficient (Wildman–Crippen LogP) is 6.27. The van der Waals surface area contributed by atoms with Gasteiger partial charge in [-0.15, -0.1) is 15.3 Å². The number of hydrogen-bond acceptors (Lipinski definition) is 10. The summed E-state index contributed by atoms with van der Waals surface area (Å²) in [5, 5.41) is 32.5. The Hall–Kier alpha value is -4.00. The van der Waals surface area contributed by atoms with Crippen LogP contribution >= 0.6 is 35.0 Å². The zero-order chi connectivity index (χ0) is 25.9. The number of pyridine rings is 1. The lowest BCUT2D eigenvalue weighted by Gasteiger charge is -2.12. The van der Waals surface area contributed by atoms with Gasteiger partial charge in [-0.05, 0) is 37.3 Å². The maximum absolute atomic E-state index is 11.7. The number of nitrogens with zero attached hydrogens (tertiary/aromatic N) is 7. The molecule has 0 amide bonds. The largest absolute Gasteiger partial charge is 0.411 e. The summed E-state index contributed by atoms with van der Waals surface area (Å²) in [6, 6.07) is 14.2. The van der Waals surface area contributed by atoms with Crippen molar-refractivity contribution < 1.29 is 9.34 Å². The highest BCUT2D eigenvalue weighted by Gasteiger charge is 2.26. The van der Waals surface area contributed by atoms with Crippen molar-refractivity contribution in [2.45, 2.75) is 17.9 Å². The van der Waals surface area contributed by atoms with E-state index in [1.807, 2.05) is 18.2 Å². The zero-order valence-electron chi connectivity index (χ0n) is 19.0. The lowest BCUT2D eigenvalue weighted by atomic mass is 10.1. The molecule has 5 rings (SSSR count). The average molecular weight is 555 g/mol. The van der Waals surface area contributed by atoms with Crippen LogP contribution in [0.5, 0.6) is 0 Å². The minimum absolute atomic E-state index is 0.103. The van der Waals surface area contributed by atoms with E-state index in [4.69, 9.17) is 27.6 Å². The average Bonchev–Trinajstić information content (AvgIpc) is 3.53. The van der Waals surface area contributed by atoms with Crippen LogP contribution in [0.4, 0.5) is 17.1 Å². The van der Waals surface area contributed by atoms with Gasteiger partial charge < -0.3 is 9.73 Å². The third-order valence-electron chi connectivity index (χ3n) is 5.15. The van der Waals surface area contributed by atoms with Crippen molar-refractivity contribution in [1.82, 2.24) is 30.2 Å². The van der Waals surface area contributed by atoms with Crippen molar-refractivity contribution in [3.8, 4) is 17.1 Å². The second kappa shape index (κ2) is 10.5. The molecule has 0 aliphatic rings. The lowest BCUT2D eigenvalue weighted by Crippen LogP contribution is -2.03. The van der Waals surface area contributed by atoms with Gasteiger partial charge in [0.05, 0.1) is 38.8 Å². The summed E-state index contributed by atoms with van der Waals surface area (Å²) in [5.41, 5.74) is 2.79. The molecule has 0 atom stereocenters. The SMILES string of the molecule is Cc1ncc([N+](=O)[O-])c(Nc2ccccc2)c1-c1nnc(SCc2cn(-c3ccc(Cl)cc3Cl)nn2)o1. The fourth-order valence-corrected chi connectivity index (χ4v) is 4.58. The van der Waals surface area contributed by atoms with E-state index < -0.39 is 4.92 Å². The number of halogens is 2. The maximum atomic E-state index is 11.7. The number of benzene rings is 2. The minimum Gasteiger partial charge on any atom is -0.411 e. The second-order valence-corrected chi connectivity index (χ2v) is 9.41. The molecule has 11 nitrogen and oxygen atoms in total. The van der Waals surface area contributed by atoms with E-state index in [0.717, 1.165) is 0 Å². The molecule has 1 N–H and O–H groups in total. The highest BCUT2D eigenvalue weighted by atomic mass is 35.5. The first kappa shape index (κ1) is 24.7. The topological polar surface area (TPSA) is 138 Å². The summed E-state index contributed by atoms with van der Waals surface area (Å²) in [7, 11) is 0. The molecule has 0 radical (unpaired) electrons. The van der Waals surface area contributed by atoms with Gasteiger partial charge >= 0.3 is 5.69 Å². The van der Waals surface area contributed by atoms with Crippen LogP contribution in [0.3, 0.4) is 0 Å². The van der Waals surface area contributed by atoms with E-state index >= 15 is 0 Å². The summed E-state index contributed by atoms with van der Waals surface area (Å²) in [6.07, 6.45) is 2.93. The molecule has 5 aromatic rings. The van der Waals surface area contributed by atoms with Crippen LogP contribution in [0, 0.1) is 17.0 Å². The van der Waals surface area contributed by atoms with E-state index in [1.54, 1.807) is 48.1 Å². The van der Waals surface area contributed by atoms with E-state index in [0.29, 0.717) is 44.1 Å². The Bertz CT molecular complexity index is 1590. The molecule has 37 heavy (non-hydrogen) atoms.